The lowest BCUT2D eigenvalue weighted by Gasteiger charge is -2.05. The number of carbonyl (C=O) groups is 1. The largest absolute Gasteiger partial charge is 0.381 e. The minimum atomic E-state index is 0.434. The molecule has 4 heteroatoms. The molecule has 0 saturated carbocycles. The molecule has 0 unspecified atom stereocenters. The summed E-state index contributed by atoms with van der Waals surface area (Å²) in [4.78, 5) is 10.0. The normalized spacial score (nSPS) is 10.3. The van der Waals surface area contributed by atoms with E-state index in [1.165, 1.54) is 0 Å². The third-order valence-electron chi connectivity index (χ3n) is 1.93. The number of halogens is 2. The molecule has 0 saturated heterocycles. The van der Waals surface area contributed by atoms with Gasteiger partial charge in [0.25, 0.3) is 0 Å². The topological polar surface area (TPSA) is 26.3 Å². The van der Waals surface area contributed by atoms with E-state index >= 15 is 0 Å². The average molecular weight is 247 g/mol. The number of ether oxygens (including phenoxy) is 1. The second-order valence-electron chi connectivity index (χ2n) is 3.03. The lowest BCUT2D eigenvalue weighted by Crippen LogP contribution is -2.01. The lowest BCUT2D eigenvalue weighted by atomic mass is 10.2. The molecule has 0 aliphatic rings. The van der Waals surface area contributed by atoms with E-state index in [1.54, 1.807) is 6.07 Å². The highest BCUT2D eigenvalue weighted by molar-refractivity contribution is 6.42. The van der Waals surface area contributed by atoms with Crippen molar-refractivity contribution in [1.82, 2.24) is 0 Å². The minimum Gasteiger partial charge on any atom is -0.381 e. The fourth-order valence-corrected chi connectivity index (χ4v) is 1.57. The van der Waals surface area contributed by atoms with Gasteiger partial charge in [-0.2, -0.15) is 0 Å². The van der Waals surface area contributed by atoms with Crippen molar-refractivity contribution >= 4 is 29.5 Å². The van der Waals surface area contributed by atoms with Gasteiger partial charge in [0.1, 0.15) is 6.29 Å². The molecule has 0 aliphatic carbocycles. The van der Waals surface area contributed by atoms with E-state index < -0.39 is 0 Å². The molecule has 0 N–H and O–H groups in total. The van der Waals surface area contributed by atoms with Crippen LogP contribution in [0.3, 0.4) is 0 Å². The van der Waals surface area contributed by atoms with E-state index in [4.69, 9.17) is 27.9 Å². The molecule has 0 aliphatic heterocycles. The fourth-order valence-electron chi connectivity index (χ4n) is 1.16. The maximum Gasteiger partial charge on any atom is 0.122 e. The molecular formula is C11H12Cl2O2. The number of hydrogen-bond acceptors (Lipinski definition) is 2. The Kier molecular flexibility index (Phi) is 5.69. The van der Waals surface area contributed by atoms with E-state index in [0.717, 1.165) is 11.8 Å². The Bertz CT molecular complexity index is 326. The van der Waals surface area contributed by atoms with Gasteiger partial charge in [0.2, 0.25) is 0 Å². The molecule has 0 bridgehead atoms. The highest BCUT2D eigenvalue weighted by Gasteiger charge is 2.03. The number of hydrogen-bond donors (Lipinski definition) is 0. The maximum absolute atomic E-state index is 10.0. The fraction of sp³-hybridized carbons (Fsp3) is 0.364. The van der Waals surface area contributed by atoms with E-state index in [-0.39, 0.29) is 0 Å². The van der Waals surface area contributed by atoms with Crippen LogP contribution in [0.25, 0.3) is 0 Å². The van der Waals surface area contributed by atoms with E-state index in [2.05, 4.69) is 0 Å². The Morgan fingerprint density at radius 3 is 2.80 bits per heavy atom. The smallest absolute Gasteiger partial charge is 0.122 e. The molecule has 0 atom stereocenters. The van der Waals surface area contributed by atoms with Crippen molar-refractivity contribution in [2.45, 2.75) is 12.8 Å². The van der Waals surface area contributed by atoms with Crippen LogP contribution >= 0.6 is 23.2 Å². The predicted octanol–water partition coefficient (Wildman–Crippen LogP) is 3.14. The van der Waals surface area contributed by atoms with Crippen LogP contribution in [0.2, 0.25) is 10.0 Å². The van der Waals surface area contributed by atoms with E-state index in [1.807, 2.05) is 12.1 Å². The highest BCUT2D eigenvalue weighted by atomic mass is 35.5. The van der Waals surface area contributed by atoms with Crippen LogP contribution in [-0.2, 0) is 16.0 Å². The summed E-state index contributed by atoms with van der Waals surface area (Å²) < 4.78 is 5.24. The van der Waals surface area contributed by atoms with Crippen molar-refractivity contribution in [3.8, 4) is 0 Å². The van der Waals surface area contributed by atoms with Gasteiger partial charge in [-0.25, -0.2) is 0 Å². The first kappa shape index (κ1) is 12.5. The van der Waals surface area contributed by atoms with Gasteiger partial charge in [-0.1, -0.05) is 35.3 Å². The zero-order valence-electron chi connectivity index (χ0n) is 8.21. The van der Waals surface area contributed by atoms with Gasteiger partial charge in [-0.15, -0.1) is 0 Å². The standard InChI is InChI=1S/C11H12Cl2O2/c12-10-4-1-3-9(11(10)13)5-8-15-7-2-6-14/h1,3-4,6H,2,5,7-8H2. The Hall–Kier alpha value is -0.570. The zero-order chi connectivity index (χ0) is 11.1. The Labute approximate surface area is 99.1 Å². The average Bonchev–Trinajstić information content (AvgIpc) is 2.24. The van der Waals surface area contributed by atoms with Crippen molar-refractivity contribution in [3.05, 3.63) is 33.8 Å². The summed E-state index contributed by atoms with van der Waals surface area (Å²) in [7, 11) is 0. The van der Waals surface area contributed by atoms with Crippen LogP contribution < -0.4 is 0 Å². The zero-order valence-corrected chi connectivity index (χ0v) is 9.72. The molecule has 82 valence electrons. The van der Waals surface area contributed by atoms with Crippen LogP contribution in [-0.4, -0.2) is 19.5 Å². The highest BCUT2D eigenvalue weighted by Crippen LogP contribution is 2.25. The van der Waals surface area contributed by atoms with Gasteiger partial charge in [0, 0.05) is 6.42 Å². The molecule has 0 spiro atoms. The number of benzene rings is 1. The Balaban J connectivity index is 2.37. The summed E-state index contributed by atoms with van der Waals surface area (Å²) in [6.07, 6.45) is 1.98. The monoisotopic (exact) mass is 246 g/mol. The van der Waals surface area contributed by atoms with Gasteiger partial charge in [-0.3, -0.25) is 0 Å². The molecule has 0 aromatic heterocycles. The molecule has 0 heterocycles. The van der Waals surface area contributed by atoms with E-state index in [0.29, 0.717) is 36.1 Å². The summed E-state index contributed by atoms with van der Waals surface area (Å²) >= 11 is 11.8. The van der Waals surface area contributed by atoms with Gasteiger partial charge < -0.3 is 9.53 Å². The van der Waals surface area contributed by atoms with Gasteiger partial charge >= 0.3 is 0 Å². The molecule has 0 radical (unpaired) electrons. The van der Waals surface area contributed by atoms with E-state index in [9.17, 15) is 4.79 Å². The molecule has 1 aromatic rings. The molecule has 0 amide bonds. The molecule has 0 fully saturated rings. The van der Waals surface area contributed by atoms with Crippen molar-refractivity contribution in [2.24, 2.45) is 0 Å². The quantitative estimate of drug-likeness (QED) is 0.570. The first-order valence-electron chi connectivity index (χ1n) is 4.70. The number of aldehydes is 1. The number of carbonyl (C=O) groups excluding carboxylic acids is 1. The third kappa shape index (κ3) is 4.20. The summed E-state index contributed by atoms with van der Waals surface area (Å²) in [6, 6.07) is 5.52. The molecule has 2 nitrogen and oxygen atoms in total. The van der Waals surface area contributed by atoms with Crippen molar-refractivity contribution in [3.63, 3.8) is 0 Å². The van der Waals surface area contributed by atoms with Crippen LogP contribution in [0.1, 0.15) is 12.0 Å². The molecule has 1 rings (SSSR count). The van der Waals surface area contributed by atoms with Gasteiger partial charge in [-0.05, 0) is 18.1 Å². The summed E-state index contributed by atoms with van der Waals surface area (Å²) in [5.41, 5.74) is 0.968. The second kappa shape index (κ2) is 6.83. The molecule has 15 heavy (non-hydrogen) atoms. The summed E-state index contributed by atoms with van der Waals surface area (Å²) in [6.45, 7) is 1.01. The van der Waals surface area contributed by atoms with Crippen molar-refractivity contribution in [1.29, 1.82) is 0 Å². The van der Waals surface area contributed by atoms with Gasteiger partial charge in [0.15, 0.2) is 0 Å². The Morgan fingerprint density at radius 1 is 1.27 bits per heavy atom. The SMILES string of the molecule is O=CCCOCCc1cccc(Cl)c1Cl. The van der Waals surface area contributed by atoms with Crippen molar-refractivity contribution < 1.29 is 9.53 Å². The van der Waals surface area contributed by atoms with Crippen molar-refractivity contribution in [2.75, 3.05) is 13.2 Å². The Morgan fingerprint density at radius 2 is 2.07 bits per heavy atom. The first-order valence-corrected chi connectivity index (χ1v) is 5.45. The first-order chi connectivity index (χ1) is 7.25. The lowest BCUT2D eigenvalue weighted by molar-refractivity contribution is -0.108. The third-order valence-corrected chi connectivity index (χ3v) is 2.79. The number of rotatable bonds is 6. The van der Waals surface area contributed by atoms with Gasteiger partial charge in [0.05, 0.1) is 23.3 Å². The van der Waals surface area contributed by atoms with Crippen LogP contribution in [0, 0.1) is 0 Å². The summed E-state index contributed by atoms with van der Waals surface area (Å²) in [5, 5.41) is 1.14. The minimum absolute atomic E-state index is 0.434. The van der Waals surface area contributed by atoms with Crippen LogP contribution in [0.4, 0.5) is 0 Å². The predicted molar refractivity (Wildman–Crippen MR) is 61.7 cm³/mol. The summed E-state index contributed by atoms with van der Waals surface area (Å²) in [5.74, 6) is 0. The van der Waals surface area contributed by atoms with Crippen LogP contribution in [0.5, 0.6) is 0 Å². The van der Waals surface area contributed by atoms with Crippen LogP contribution in [0.15, 0.2) is 18.2 Å². The molecular weight excluding hydrogens is 235 g/mol. The second-order valence-corrected chi connectivity index (χ2v) is 3.82. The molecule has 1 aromatic carbocycles. The maximum atomic E-state index is 10.0.